The van der Waals surface area contributed by atoms with Crippen LogP contribution in [0.15, 0.2) is 70.5 Å². The fraction of sp³-hybridized carbons (Fsp3) is 0.136. The molecule has 0 amide bonds. The predicted octanol–water partition coefficient (Wildman–Crippen LogP) is 3.91. The summed E-state index contributed by atoms with van der Waals surface area (Å²) in [6, 6.07) is 14.6. The van der Waals surface area contributed by atoms with Crippen molar-refractivity contribution in [3.63, 3.8) is 0 Å². The molecule has 0 atom stereocenters. The van der Waals surface area contributed by atoms with Gasteiger partial charge in [-0.1, -0.05) is 35.4 Å². The van der Waals surface area contributed by atoms with E-state index in [4.69, 9.17) is 0 Å². The molecule has 3 rings (SSSR count). The van der Waals surface area contributed by atoms with Crippen molar-refractivity contribution in [2.24, 2.45) is 0 Å². The molecule has 0 saturated carbocycles. The zero-order valence-corrected chi connectivity index (χ0v) is 19.2. The quantitative estimate of drug-likeness (QED) is 0.476. The average Bonchev–Trinajstić information content (AvgIpc) is 2.71. The van der Waals surface area contributed by atoms with Gasteiger partial charge in [-0.25, -0.2) is 21.6 Å². The molecule has 0 unspecified atom stereocenters. The highest BCUT2D eigenvalue weighted by molar-refractivity contribution is 7.93. The first kappa shape index (κ1) is 23.3. The number of hydrogen-bond donors (Lipinski definition) is 3. The maximum absolute atomic E-state index is 12.9. The molecule has 0 fully saturated rings. The average molecular weight is 475 g/mol. The van der Waals surface area contributed by atoms with E-state index < -0.39 is 26.0 Å². The van der Waals surface area contributed by atoms with E-state index in [2.05, 4.69) is 9.44 Å². The second kappa shape index (κ2) is 8.64. The molecular weight excluding hydrogens is 452 g/mol. The number of carbonyl (C=O) groups is 1. The van der Waals surface area contributed by atoms with Crippen molar-refractivity contribution in [3.8, 4) is 0 Å². The van der Waals surface area contributed by atoms with Gasteiger partial charge in [-0.15, -0.1) is 0 Å². The summed E-state index contributed by atoms with van der Waals surface area (Å²) in [5, 5.41) is 9.45. The number of hydrogen-bond acceptors (Lipinski definition) is 5. The maximum atomic E-state index is 12.9. The zero-order chi connectivity index (χ0) is 23.7. The Morgan fingerprint density at radius 1 is 0.688 bits per heavy atom. The molecule has 0 aliphatic heterocycles. The molecule has 0 radical (unpaired) electrons. The summed E-state index contributed by atoms with van der Waals surface area (Å²) < 4.78 is 56.3. The number of anilines is 2. The van der Waals surface area contributed by atoms with E-state index in [0.29, 0.717) is 0 Å². The van der Waals surface area contributed by atoms with Gasteiger partial charge in [0.1, 0.15) is 0 Å². The van der Waals surface area contributed by atoms with Gasteiger partial charge in [-0.2, -0.15) is 0 Å². The molecule has 8 nitrogen and oxygen atoms in total. The standard InChI is InChI=1S/C22H22N2O6S2/c1-14-4-8-17(9-5-14)31(27,28)23-20-13-12-19(22(25)26)16(3)21(20)24-32(29,30)18-10-6-15(2)7-11-18/h4-13,23-24H,1-3H3,(H,25,26). The minimum Gasteiger partial charge on any atom is -0.478 e. The second-order valence-electron chi connectivity index (χ2n) is 7.30. The summed E-state index contributed by atoms with van der Waals surface area (Å²) in [6.45, 7) is 5.03. The van der Waals surface area contributed by atoms with E-state index in [9.17, 15) is 26.7 Å². The van der Waals surface area contributed by atoms with E-state index in [1.54, 1.807) is 24.3 Å². The lowest BCUT2D eigenvalue weighted by molar-refractivity contribution is 0.0696. The van der Waals surface area contributed by atoms with Crippen molar-refractivity contribution in [1.82, 2.24) is 0 Å². The van der Waals surface area contributed by atoms with Crippen LogP contribution in [-0.4, -0.2) is 27.9 Å². The summed E-state index contributed by atoms with van der Waals surface area (Å²) in [6.07, 6.45) is 0. The molecule has 0 heterocycles. The van der Waals surface area contributed by atoms with Crippen molar-refractivity contribution < 1.29 is 26.7 Å². The third-order valence-electron chi connectivity index (χ3n) is 4.84. The lowest BCUT2D eigenvalue weighted by atomic mass is 10.1. The van der Waals surface area contributed by atoms with E-state index in [1.165, 1.54) is 43.3 Å². The molecule has 0 bridgehead atoms. The third-order valence-corrected chi connectivity index (χ3v) is 7.59. The molecule has 0 aliphatic rings. The Kier molecular flexibility index (Phi) is 6.29. The van der Waals surface area contributed by atoms with Crippen LogP contribution in [0.3, 0.4) is 0 Å². The molecule has 3 aromatic carbocycles. The minimum absolute atomic E-state index is 0.0181. The molecule has 168 valence electrons. The predicted molar refractivity (Wildman–Crippen MR) is 122 cm³/mol. The Morgan fingerprint density at radius 3 is 1.56 bits per heavy atom. The van der Waals surface area contributed by atoms with E-state index in [0.717, 1.165) is 11.1 Å². The van der Waals surface area contributed by atoms with Crippen LogP contribution < -0.4 is 9.44 Å². The number of benzene rings is 3. The molecule has 3 aromatic rings. The number of aromatic carboxylic acids is 1. The van der Waals surface area contributed by atoms with Crippen LogP contribution in [0.1, 0.15) is 27.0 Å². The van der Waals surface area contributed by atoms with Crippen molar-refractivity contribution in [2.45, 2.75) is 30.6 Å². The van der Waals surface area contributed by atoms with Crippen LogP contribution in [0.5, 0.6) is 0 Å². The number of carboxylic acids is 1. The largest absolute Gasteiger partial charge is 0.478 e. The van der Waals surface area contributed by atoms with Gasteiger partial charge >= 0.3 is 5.97 Å². The van der Waals surface area contributed by atoms with Gasteiger partial charge in [0.25, 0.3) is 20.0 Å². The molecule has 0 aliphatic carbocycles. The SMILES string of the molecule is Cc1ccc(S(=O)(=O)Nc2ccc(C(=O)O)c(C)c2NS(=O)(=O)c2ccc(C)cc2)cc1. The van der Waals surface area contributed by atoms with Gasteiger partial charge in [0, 0.05) is 0 Å². The lowest BCUT2D eigenvalue weighted by Crippen LogP contribution is -2.19. The second-order valence-corrected chi connectivity index (χ2v) is 10.7. The van der Waals surface area contributed by atoms with Crippen LogP contribution in [-0.2, 0) is 20.0 Å². The van der Waals surface area contributed by atoms with Crippen molar-refractivity contribution in [1.29, 1.82) is 0 Å². The zero-order valence-electron chi connectivity index (χ0n) is 17.6. The highest BCUT2D eigenvalue weighted by atomic mass is 32.2. The smallest absolute Gasteiger partial charge is 0.336 e. The minimum atomic E-state index is -4.12. The Labute approximate surface area is 187 Å². The van der Waals surface area contributed by atoms with Gasteiger partial charge in [0.15, 0.2) is 0 Å². The maximum Gasteiger partial charge on any atom is 0.336 e. The van der Waals surface area contributed by atoms with Crippen LogP contribution in [0.2, 0.25) is 0 Å². The highest BCUT2D eigenvalue weighted by Gasteiger charge is 2.24. The van der Waals surface area contributed by atoms with Crippen molar-refractivity contribution >= 4 is 37.4 Å². The summed E-state index contributed by atoms with van der Waals surface area (Å²) in [5.41, 5.74) is 1.38. The molecule has 10 heteroatoms. The summed E-state index contributed by atoms with van der Waals surface area (Å²) in [4.78, 5) is 11.5. The van der Waals surface area contributed by atoms with Crippen LogP contribution in [0.4, 0.5) is 11.4 Å². The first-order valence-electron chi connectivity index (χ1n) is 9.46. The van der Waals surface area contributed by atoms with Gasteiger partial charge in [-0.3, -0.25) is 9.44 Å². The van der Waals surface area contributed by atoms with Crippen LogP contribution in [0.25, 0.3) is 0 Å². The van der Waals surface area contributed by atoms with E-state index in [-0.39, 0.29) is 32.3 Å². The van der Waals surface area contributed by atoms with Crippen LogP contribution >= 0.6 is 0 Å². The van der Waals surface area contributed by atoms with E-state index in [1.807, 2.05) is 13.8 Å². The molecule has 0 spiro atoms. The van der Waals surface area contributed by atoms with Crippen molar-refractivity contribution in [3.05, 3.63) is 82.9 Å². The first-order valence-corrected chi connectivity index (χ1v) is 12.4. The monoisotopic (exact) mass is 474 g/mol. The molecule has 0 saturated heterocycles. The van der Waals surface area contributed by atoms with E-state index >= 15 is 0 Å². The summed E-state index contributed by atoms with van der Waals surface area (Å²) in [5.74, 6) is -1.27. The fourth-order valence-corrected chi connectivity index (χ4v) is 5.21. The normalized spacial score (nSPS) is 11.7. The number of rotatable bonds is 7. The number of nitrogens with one attached hydrogen (secondary N) is 2. The molecule has 32 heavy (non-hydrogen) atoms. The molecule has 0 aromatic heterocycles. The fourth-order valence-electron chi connectivity index (χ4n) is 2.99. The molecular formula is C22H22N2O6S2. The van der Waals surface area contributed by atoms with Gasteiger partial charge < -0.3 is 5.11 Å². The van der Waals surface area contributed by atoms with Gasteiger partial charge in [0.2, 0.25) is 0 Å². The van der Waals surface area contributed by atoms with Gasteiger partial charge in [-0.05, 0) is 62.7 Å². The van der Waals surface area contributed by atoms with Gasteiger partial charge in [0.05, 0.1) is 26.7 Å². The van der Waals surface area contributed by atoms with Crippen molar-refractivity contribution in [2.75, 3.05) is 9.44 Å². The van der Waals surface area contributed by atoms with Crippen LogP contribution in [0, 0.1) is 20.8 Å². The third kappa shape index (κ3) is 4.92. The Morgan fingerprint density at radius 2 is 1.12 bits per heavy atom. The number of sulfonamides is 2. The number of aryl methyl sites for hydroxylation is 2. The number of carboxylic acid groups (broad SMARTS) is 1. The summed E-state index contributed by atoms with van der Waals surface area (Å²) in [7, 11) is -8.18. The first-order chi connectivity index (χ1) is 14.9. The Balaban J connectivity index is 2.09. The summed E-state index contributed by atoms with van der Waals surface area (Å²) >= 11 is 0. The Bertz CT molecular complexity index is 1380. The molecule has 3 N–H and O–H groups in total. The lowest BCUT2D eigenvalue weighted by Gasteiger charge is -2.18. The topological polar surface area (TPSA) is 130 Å². The highest BCUT2D eigenvalue weighted by Crippen LogP contribution is 2.33. The Hall–Kier alpha value is -3.37.